The molecular formula is C40H28N2O6. The number of benzene rings is 5. The molecule has 8 heteroatoms. The number of nitro benzene ring substituents is 1. The molecule has 5 aromatic carbocycles. The molecule has 1 heterocycles. The highest BCUT2D eigenvalue weighted by molar-refractivity contribution is 6.39. The van der Waals surface area contributed by atoms with Crippen molar-refractivity contribution in [2.24, 2.45) is 11.8 Å². The Balaban J connectivity index is 1.52. The molecule has 2 amide bonds. The van der Waals surface area contributed by atoms with Crippen LogP contribution in [0.5, 0.6) is 5.75 Å². The number of nitro groups is 1. The highest BCUT2D eigenvalue weighted by atomic mass is 16.6. The molecule has 3 aliphatic rings. The normalized spacial score (nSPS) is 24.3. The molecule has 2 aliphatic carbocycles. The first-order valence-electron chi connectivity index (χ1n) is 15.6. The smallest absolute Gasteiger partial charge is 0.273 e. The van der Waals surface area contributed by atoms with E-state index in [9.17, 15) is 10.1 Å². The zero-order valence-electron chi connectivity index (χ0n) is 25.8. The maximum atomic E-state index is 15.9. The fourth-order valence-electron chi connectivity index (χ4n) is 8.54. The number of allylic oxidation sites excluding steroid dienone is 2. The summed E-state index contributed by atoms with van der Waals surface area (Å²) in [5.74, 6) is -3.59. The van der Waals surface area contributed by atoms with Crippen molar-refractivity contribution in [3.05, 3.63) is 172 Å². The second-order valence-corrected chi connectivity index (χ2v) is 12.2. The van der Waals surface area contributed by atoms with Crippen molar-refractivity contribution in [2.75, 3.05) is 12.0 Å². The minimum Gasteiger partial charge on any atom is -0.494 e. The number of hydrogen-bond donors (Lipinski definition) is 0. The molecule has 234 valence electrons. The van der Waals surface area contributed by atoms with E-state index in [1.165, 1.54) is 25.3 Å². The van der Waals surface area contributed by atoms with Gasteiger partial charge in [0, 0.05) is 6.07 Å². The van der Waals surface area contributed by atoms with Crippen molar-refractivity contribution >= 4 is 40.1 Å². The van der Waals surface area contributed by atoms with Crippen LogP contribution in [0.4, 0.5) is 11.4 Å². The van der Waals surface area contributed by atoms with Crippen LogP contribution in [0, 0.1) is 22.0 Å². The third-order valence-corrected chi connectivity index (χ3v) is 10.2. The van der Waals surface area contributed by atoms with Crippen LogP contribution in [-0.2, 0) is 25.2 Å². The molecule has 0 spiro atoms. The average molecular weight is 633 g/mol. The van der Waals surface area contributed by atoms with Crippen LogP contribution in [0.1, 0.15) is 22.3 Å². The maximum Gasteiger partial charge on any atom is 0.273 e. The zero-order valence-corrected chi connectivity index (χ0v) is 25.8. The molecule has 2 fully saturated rings. The van der Waals surface area contributed by atoms with E-state index in [1.807, 2.05) is 121 Å². The van der Waals surface area contributed by atoms with Crippen molar-refractivity contribution in [1.29, 1.82) is 0 Å². The summed E-state index contributed by atoms with van der Waals surface area (Å²) in [4.78, 5) is 58.3. The van der Waals surface area contributed by atoms with Gasteiger partial charge < -0.3 is 4.74 Å². The third kappa shape index (κ3) is 3.62. The predicted molar refractivity (Wildman–Crippen MR) is 180 cm³/mol. The summed E-state index contributed by atoms with van der Waals surface area (Å²) in [6.07, 6.45) is 0. The highest BCUT2D eigenvalue weighted by Crippen LogP contribution is 2.74. The Hall–Kier alpha value is -6.15. The van der Waals surface area contributed by atoms with Crippen LogP contribution in [-0.4, -0.2) is 29.6 Å². The Morgan fingerprint density at radius 1 is 0.625 bits per heavy atom. The number of non-ortho nitro benzene ring substituents is 1. The number of methoxy groups -OCH3 is 1. The van der Waals surface area contributed by atoms with Gasteiger partial charge in [0.05, 0.1) is 46.5 Å². The molecule has 1 saturated carbocycles. The maximum absolute atomic E-state index is 15.9. The first-order valence-corrected chi connectivity index (χ1v) is 15.6. The number of nitrogens with zero attached hydrogens (tertiary/aromatic N) is 2. The van der Waals surface area contributed by atoms with Gasteiger partial charge in [-0.15, -0.1) is 0 Å². The molecule has 5 aromatic rings. The topological polar surface area (TPSA) is 107 Å². The number of fused-ring (bicyclic) bond motifs is 5. The van der Waals surface area contributed by atoms with Crippen molar-refractivity contribution in [2.45, 2.75) is 10.8 Å². The third-order valence-electron chi connectivity index (χ3n) is 10.2. The van der Waals surface area contributed by atoms with E-state index in [4.69, 9.17) is 4.74 Å². The molecule has 2 bridgehead atoms. The summed E-state index contributed by atoms with van der Waals surface area (Å²) in [5.41, 5.74) is 0.904. The van der Waals surface area contributed by atoms with Gasteiger partial charge in [-0.2, -0.15) is 0 Å². The van der Waals surface area contributed by atoms with Gasteiger partial charge in [0.25, 0.3) is 5.69 Å². The van der Waals surface area contributed by atoms with E-state index >= 15 is 14.4 Å². The fraction of sp³-hybridized carbons (Fsp3) is 0.125. The molecule has 48 heavy (non-hydrogen) atoms. The summed E-state index contributed by atoms with van der Waals surface area (Å²) < 4.78 is 5.53. The minimum atomic E-state index is -1.55. The van der Waals surface area contributed by atoms with Crippen molar-refractivity contribution in [3.8, 4) is 5.75 Å². The number of Topliss-reactive ketones (excluding diaryl/α,β-unsaturated/α-hetero) is 1. The lowest BCUT2D eigenvalue weighted by Gasteiger charge is -2.39. The van der Waals surface area contributed by atoms with Crippen LogP contribution in [0.3, 0.4) is 0 Å². The predicted octanol–water partition coefficient (Wildman–Crippen LogP) is 6.79. The molecule has 1 aliphatic heterocycles. The second kappa shape index (κ2) is 10.7. The van der Waals surface area contributed by atoms with E-state index < -0.39 is 39.4 Å². The Kier molecular flexibility index (Phi) is 6.53. The van der Waals surface area contributed by atoms with Crippen LogP contribution in [0.2, 0.25) is 0 Å². The lowest BCUT2D eigenvalue weighted by atomic mass is 9.59. The summed E-state index contributed by atoms with van der Waals surface area (Å²) >= 11 is 0. The standard InChI is InChI=1S/C40H28N2O6/c1-48-31-24-29(42(46)47)22-23-30(31)41-36(43)34-35(37(41)44)40(28-20-12-5-13-21-28)33(26-16-8-3-9-17-26)32(25-14-6-2-7-15-25)39(34,38(40)45)27-18-10-4-11-19-27/h2-24,34-35H,1H3/t34-,35+,39-,40-/m0/s1. The number of carbonyl (C=O) groups is 3. The SMILES string of the molecule is COc1cc([N+](=O)[O-])ccc1N1C(=O)[C@@H]2[C@H](C1=O)[C@@]1(c3ccccc3)C(=O)[C@@]2(c2ccccc2)C(c2ccccc2)=C1c1ccccc1. The Bertz CT molecular complexity index is 2050. The Morgan fingerprint density at radius 3 is 1.44 bits per heavy atom. The lowest BCUT2D eigenvalue weighted by Crippen LogP contribution is -2.45. The van der Waals surface area contributed by atoms with Gasteiger partial charge in [0.2, 0.25) is 11.8 Å². The van der Waals surface area contributed by atoms with E-state index in [2.05, 4.69) is 0 Å². The molecule has 0 aromatic heterocycles. The average Bonchev–Trinajstić information content (AvgIpc) is 3.64. The summed E-state index contributed by atoms with van der Waals surface area (Å²) in [7, 11) is 1.33. The van der Waals surface area contributed by atoms with Gasteiger partial charge in [0.15, 0.2) is 5.78 Å². The van der Waals surface area contributed by atoms with Crippen LogP contribution >= 0.6 is 0 Å². The first kappa shape index (κ1) is 29.3. The number of ether oxygens (including phenoxy) is 1. The van der Waals surface area contributed by atoms with Gasteiger partial charge in [-0.1, -0.05) is 121 Å². The number of imide groups is 1. The van der Waals surface area contributed by atoms with E-state index in [0.717, 1.165) is 16.0 Å². The second-order valence-electron chi connectivity index (χ2n) is 12.2. The summed E-state index contributed by atoms with van der Waals surface area (Å²) in [6.45, 7) is 0. The molecule has 0 unspecified atom stereocenters. The number of amides is 2. The van der Waals surface area contributed by atoms with Crippen LogP contribution < -0.4 is 9.64 Å². The number of rotatable bonds is 7. The van der Waals surface area contributed by atoms with E-state index in [1.54, 1.807) is 0 Å². The van der Waals surface area contributed by atoms with Gasteiger partial charge in [-0.25, -0.2) is 4.90 Å². The molecule has 4 atom stereocenters. The monoisotopic (exact) mass is 632 g/mol. The molecule has 8 nitrogen and oxygen atoms in total. The molecule has 1 saturated heterocycles. The Labute approximate surface area is 276 Å². The molecule has 0 N–H and O–H groups in total. The van der Waals surface area contributed by atoms with Crippen LogP contribution in [0.15, 0.2) is 140 Å². The largest absolute Gasteiger partial charge is 0.494 e. The van der Waals surface area contributed by atoms with Gasteiger partial charge in [0.1, 0.15) is 5.75 Å². The van der Waals surface area contributed by atoms with Gasteiger partial charge in [-0.05, 0) is 39.5 Å². The molecular weight excluding hydrogens is 604 g/mol. The van der Waals surface area contributed by atoms with Crippen LogP contribution in [0.25, 0.3) is 11.1 Å². The number of hydrogen-bond acceptors (Lipinski definition) is 6. The van der Waals surface area contributed by atoms with E-state index in [-0.39, 0.29) is 22.9 Å². The lowest BCUT2D eigenvalue weighted by molar-refractivity contribution is -0.384. The quantitative estimate of drug-likeness (QED) is 0.111. The molecule has 8 rings (SSSR count). The van der Waals surface area contributed by atoms with Crippen molar-refractivity contribution < 1.29 is 24.0 Å². The Morgan fingerprint density at radius 2 is 1.04 bits per heavy atom. The minimum absolute atomic E-state index is 0.00611. The zero-order chi connectivity index (χ0) is 33.2. The van der Waals surface area contributed by atoms with Crippen molar-refractivity contribution in [3.63, 3.8) is 0 Å². The van der Waals surface area contributed by atoms with Gasteiger partial charge in [-0.3, -0.25) is 24.5 Å². The molecule has 0 radical (unpaired) electrons. The summed E-state index contributed by atoms with van der Waals surface area (Å²) in [6, 6.07) is 41.6. The fourth-order valence-corrected chi connectivity index (χ4v) is 8.54. The number of ketones is 1. The number of anilines is 1. The first-order chi connectivity index (χ1) is 23.4. The number of carbonyl (C=O) groups excluding carboxylic acids is 3. The van der Waals surface area contributed by atoms with E-state index in [0.29, 0.717) is 22.3 Å². The van der Waals surface area contributed by atoms with Gasteiger partial charge >= 0.3 is 0 Å². The summed E-state index contributed by atoms with van der Waals surface area (Å²) in [5, 5.41) is 11.6. The van der Waals surface area contributed by atoms with Crippen molar-refractivity contribution in [1.82, 2.24) is 0 Å². The highest BCUT2D eigenvalue weighted by Gasteiger charge is 2.82.